The van der Waals surface area contributed by atoms with Crippen LogP contribution in [0.2, 0.25) is 0 Å². The summed E-state index contributed by atoms with van der Waals surface area (Å²) in [6.07, 6.45) is 1.47. The van der Waals surface area contributed by atoms with E-state index in [9.17, 15) is 22.8 Å². The lowest BCUT2D eigenvalue weighted by Gasteiger charge is -2.27. The maximum atomic E-state index is 13.7. The number of nitrogens with one attached hydrogen (secondary N) is 1. The van der Waals surface area contributed by atoms with Gasteiger partial charge in [-0.1, -0.05) is 27.2 Å². The van der Waals surface area contributed by atoms with Gasteiger partial charge in [0.05, 0.1) is 4.90 Å². The molecule has 0 saturated heterocycles. The number of aromatic amines is 1. The highest BCUT2D eigenvalue weighted by atomic mass is 32.2. The topological polar surface area (TPSA) is 139 Å². The van der Waals surface area contributed by atoms with Crippen molar-refractivity contribution in [1.29, 1.82) is 0 Å². The minimum Gasteiger partial charge on any atom is -0.383 e. The van der Waals surface area contributed by atoms with Crippen molar-refractivity contribution in [2.24, 2.45) is 5.92 Å². The summed E-state index contributed by atoms with van der Waals surface area (Å²) in [5, 5.41) is 0. The van der Waals surface area contributed by atoms with Gasteiger partial charge in [-0.3, -0.25) is 19.1 Å². The lowest BCUT2D eigenvalue weighted by molar-refractivity contribution is 0.0983. The molecule has 0 aliphatic heterocycles. The molecule has 0 atom stereocenters. The number of hydrogen-bond acceptors (Lipinski definition) is 6. The Morgan fingerprint density at radius 2 is 1.79 bits per heavy atom. The van der Waals surface area contributed by atoms with Crippen LogP contribution >= 0.6 is 0 Å². The lowest BCUT2D eigenvalue weighted by atomic mass is 10.0. The van der Waals surface area contributed by atoms with Crippen LogP contribution in [-0.2, 0) is 16.6 Å². The number of hydrogen-bond donors (Lipinski definition) is 2. The normalized spacial score (nSPS) is 11.9. The maximum absolute atomic E-state index is 13.7. The number of nitrogen functional groups attached to an aromatic ring is 1. The number of carbonyl (C=O) groups excluding carboxylic acids is 1. The number of aromatic nitrogens is 2. The summed E-state index contributed by atoms with van der Waals surface area (Å²) >= 11 is 0. The van der Waals surface area contributed by atoms with Gasteiger partial charge in [-0.05, 0) is 49.4 Å². The van der Waals surface area contributed by atoms with Gasteiger partial charge in [0, 0.05) is 32.7 Å². The Hall–Kier alpha value is -2.92. The van der Waals surface area contributed by atoms with E-state index in [4.69, 9.17) is 5.73 Å². The summed E-state index contributed by atoms with van der Waals surface area (Å²) in [5.41, 5.74) is 5.99. The number of aryl methyl sites for hydroxylation is 1. The Morgan fingerprint density at radius 3 is 2.32 bits per heavy atom. The van der Waals surface area contributed by atoms with Crippen molar-refractivity contribution in [3.05, 3.63) is 49.7 Å². The number of nitrogens with two attached hydrogens (primary N) is 1. The van der Waals surface area contributed by atoms with Crippen molar-refractivity contribution in [2.45, 2.75) is 58.9 Å². The molecule has 1 aromatic carbocycles. The average Bonchev–Trinajstić information content (AvgIpc) is 2.73. The minimum atomic E-state index is -3.81. The van der Waals surface area contributed by atoms with Crippen molar-refractivity contribution in [2.75, 3.05) is 31.3 Å². The van der Waals surface area contributed by atoms with Crippen LogP contribution in [0, 0.1) is 19.8 Å². The number of nitrogens with zero attached hydrogens (tertiary/aromatic N) is 3. The number of amides is 1. The largest absolute Gasteiger partial charge is 0.383 e. The number of rotatable bonds is 9. The number of H-pyrrole nitrogens is 1. The van der Waals surface area contributed by atoms with Gasteiger partial charge in [0.15, 0.2) is 5.69 Å². The molecule has 34 heavy (non-hydrogen) atoms. The Kier molecular flexibility index (Phi) is 8.49. The van der Waals surface area contributed by atoms with Gasteiger partial charge in [-0.25, -0.2) is 17.5 Å². The molecule has 1 aromatic heterocycles. The molecule has 0 aliphatic carbocycles. The van der Waals surface area contributed by atoms with Crippen molar-refractivity contribution >= 4 is 27.4 Å². The molecule has 0 spiro atoms. The number of sulfonamides is 1. The van der Waals surface area contributed by atoms with Crippen molar-refractivity contribution in [3.63, 3.8) is 0 Å². The maximum Gasteiger partial charge on any atom is 0.330 e. The fourth-order valence-corrected chi connectivity index (χ4v) is 4.81. The molecule has 0 fully saturated rings. The molecule has 1 heterocycles. The SMILES string of the molecule is CCCCn1c(N)c(N(CC(C)C)C(=O)c2cc(C)c(C)c(S(=O)(=O)N(C)C)c2)c(=O)[nH]c1=O. The first kappa shape index (κ1) is 27.3. The van der Waals surface area contributed by atoms with Crippen LogP contribution in [-0.4, -0.2) is 48.8 Å². The molecular weight excluding hydrogens is 458 g/mol. The summed E-state index contributed by atoms with van der Waals surface area (Å²) in [6.45, 7) is 9.55. The van der Waals surface area contributed by atoms with Crippen LogP contribution in [0.5, 0.6) is 0 Å². The van der Waals surface area contributed by atoms with Gasteiger partial charge < -0.3 is 10.6 Å². The summed E-state index contributed by atoms with van der Waals surface area (Å²) in [5.74, 6) is -0.721. The van der Waals surface area contributed by atoms with Gasteiger partial charge in [0.25, 0.3) is 11.5 Å². The quantitative estimate of drug-likeness (QED) is 0.548. The van der Waals surface area contributed by atoms with Crippen LogP contribution in [0.1, 0.15) is 55.1 Å². The zero-order valence-electron chi connectivity index (χ0n) is 20.9. The van der Waals surface area contributed by atoms with Gasteiger partial charge >= 0.3 is 5.69 Å². The molecular formula is C23H35N5O5S. The third kappa shape index (κ3) is 5.41. The molecule has 10 nitrogen and oxygen atoms in total. The Bertz CT molecular complexity index is 1290. The number of unbranched alkanes of at least 4 members (excludes halogenated alkanes) is 1. The number of carbonyl (C=O) groups is 1. The van der Waals surface area contributed by atoms with E-state index >= 15 is 0 Å². The molecule has 2 rings (SSSR count). The predicted octanol–water partition coefficient (Wildman–Crippen LogP) is 2.09. The third-order valence-electron chi connectivity index (χ3n) is 5.64. The summed E-state index contributed by atoms with van der Waals surface area (Å²) < 4.78 is 28.1. The summed E-state index contributed by atoms with van der Waals surface area (Å²) in [4.78, 5) is 42.4. The zero-order valence-corrected chi connectivity index (χ0v) is 21.7. The van der Waals surface area contributed by atoms with Gasteiger partial charge in [-0.15, -0.1) is 0 Å². The second-order valence-corrected chi connectivity index (χ2v) is 11.1. The first-order valence-electron chi connectivity index (χ1n) is 11.2. The van der Waals surface area contributed by atoms with E-state index < -0.39 is 27.2 Å². The Labute approximate surface area is 200 Å². The van der Waals surface area contributed by atoms with E-state index in [1.807, 2.05) is 20.8 Å². The molecule has 1 amide bonds. The lowest BCUT2D eigenvalue weighted by Crippen LogP contribution is -2.42. The summed E-state index contributed by atoms with van der Waals surface area (Å²) in [7, 11) is -0.974. The molecule has 11 heteroatoms. The molecule has 0 saturated carbocycles. The number of anilines is 2. The molecule has 2 aromatic rings. The van der Waals surface area contributed by atoms with Crippen LogP contribution in [0.4, 0.5) is 11.5 Å². The van der Waals surface area contributed by atoms with Crippen LogP contribution in [0.15, 0.2) is 26.6 Å². The van der Waals surface area contributed by atoms with Crippen molar-refractivity contribution in [1.82, 2.24) is 13.9 Å². The molecule has 0 aliphatic rings. The van der Waals surface area contributed by atoms with Crippen molar-refractivity contribution in [3.8, 4) is 0 Å². The first-order valence-corrected chi connectivity index (χ1v) is 12.7. The fourth-order valence-electron chi connectivity index (χ4n) is 3.59. The highest BCUT2D eigenvalue weighted by molar-refractivity contribution is 7.89. The highest BCUT2D eigenvalue weighted by Gasteiger charge is 2.29. The van der Waals surface area contributed by atoms with E-state index in [1.165, 1.54) is 29.6 Å². The van der Waals surface area contributed by atoms with E-state index in [0.29, 0.717) is 24.1 Å². The van der Waals surface area contributed by atoms with E-state index in [0.717, 1.165) is 10.7 Å². The summed E-state index contributed by atoms with van der Waals surface area (Å²) in [6, 6.07) is 2.92. The third-order valence-corrected chi connectivity index (χ3v) is 7.58. The standard InChI is InChI=1S/C23H35N5O5S/c1-8-9-10-27-20(24)19(21(29)25-23(27)31)28(13-14(2)3)22(30)17-11-15(4)16(5)18(12-17)34(32,33)26(6)7/h11-12,14H,8-10,13,24H2,1-7H3,(H,25,29,31). The number of benzene rings is 1. The first-order chi connectivity index (χ1) is 15.7. The molecule has 0 unspecified atom stereocenters. The Balaban J connectivity index is 2.77. The van der Waals surface area contributed by atoms with Crippen molar-refractivity contribution < 1.29 is 13.2 Å². The van der Waals surface area contributed by atoms with Gasteiger partial charge in [0.1, 0.15) is 5.82 Å². The average molecular weight is 494 g/mol. The second-order valence-electron chi connectivity index (χ2n) is 9.01. The fraction of sp³-hybridized carbons (Fsp3) is 0.522. The molecule has 0 radical (unpaired) electrons. The zero-order chi connectivity index (χ0) is 26.0. The van der Waals surface area contributed by atoms with Gasteiger partial charge in [-0.2, -0.15) is 0 Å². The minimum absolute atomic E-state index is 0.0140. The molecule has 3 N–H and O–H groups in total. The van der Waals surface area contributed by atoms with E-state index in [2.05, 4.69) is 4.98 Å². The van der Waals surface area contributed by atoms with E-state index in [1.54, 1.807) is 19.9 Å². The monoisotopic (exact) mass is 493 g/mol. The van der Waals surface area contributed by atoms with Crippen LogP contribution in [0.25, 0.3) is 0 Å². The smallest absolute Gasteiger partial charge is 0.330 e. The second kappa shape index (κ2) is 10.6. The molecule has 0 bridgehead atoms. The van der Waals surface area contributed by atoms with Crippen LogP contribution in [0.3, 0.4) is 0 Å². The predicted molar refractivity (Wildman–Crippen MR) is 134 cm³/mol. The van der Waals surface area contributed by atoms with E-state index in [-0.39, 0.29) is 34.4 Å². The van der Waals surface area contributed by atoms with Crippen LogP contribution < -0.4 is 21.9 Å². The highest BCUT2D eigenvalue weighted by Crippen LogP contribution is 2.26. The molecule has 188 valence electrons. The Morgan fingerprint density at radius 1 is 1.18 bits per heavy atom. The van der Waals surface area contributed by atoms with Gasteiger partial charge in [0.2, 0.25) is 10.0 Å².